The van der Waals surface area contributed by atoms with Crippen molar-refractivity contribution >= 4 is 13.4 Å². The molecule has 0 radical (unpaired) electrons. The molecule has 1 aromatic rings. The van der Waals surface area contributed by atoms with Crippen LogP contribution in [0, 0.1) is 11.3 Å². The Kier molecular flexibility index (Phi) is 3.03. The van der Waals surface area contributed by atoms with Gasteiger partial charge in [0.25, 0.3) is 0 Å². The molecule has 1 aromatic carbocycles. The lowest BCUT2D eigenvalue weighted by molar-refractivity contribution is 0.112. The van der Waals surface area contributed by atoms with Crippen LogP contribution in [0.25, 0.3) is 0 Å². The summed E-state index contributed by atoms with van der Waals surface area (Å²) < 4.78 is 46.5. The zero-order valence-electron chi connectivity index (χ0n) is 14.5. The standard InChI is InChI=1S/C14H22NO3P/c1-14(2,3)12-10-15(13-8-6-5-7-9-13)19(16,17-4)18-11-12/h5-9,12H,10-11H2,1-4H3/t12-,19-/m0/s1/i4D3. The maximum absolute atomic E-state index is 13.0. The van der Waals surface area contributed by atoms with E-state index in [0.29, 0.717) is 12.2 Å². The first kappa shape index (κ1) is 10.9. The summed E-state index contributed by atoms with van der Waals surface area (Å²) in [5, 5.41) is 0. The van der Waals surface area contributed by atoms with E-state index >= 15 is 0 Å². The van der Waals surface area contributed by atoms with E-state index < -0.39 is 14.8 Å². The van der Waals surface area contributed by atoms with E-state index in [0.717, 1.165) is 0 Å². The minimum Gasteiger partial charge on any atom is -0.296 e. The van der Waals surface area contributed by atoms with Crippen LogP contribution in [0.5, 0.6) is 0 Å². The monoisotopic (exact) mass is 286 g/mol. The first-order valence-electron chi connectivity index (χ1n) is 7.80. The van der Waals surface area contributed by atoms with Crippen LogP contribution >= 0.6 is 7.75 Å². The van der Waals surface area contributed by atoms with Gasteiger partial charge < -0.3 is 0 Å². The van der Waals surface area contributed by atoms with Crippen molar-refractivity contribution < 1.29 is 17.7 Å². The van der Waals surface area contributed by atoms with E-state index in [4.69, 9.17) is 13.2 Å². The average molecular weight is 286 g/mol. The zero-order valence-corrected chi connectivity index (χ0v) is 12.4. The first-order valence-corrected chi connectivity index (χ1v) is 7.79. The first-order chi connectivity index (χ1) is 10.0. The third-order valence-electron chi connectivity index (χ3n) is 3.52. The molecule has 0 spiro atoms. The van der Waals surface area contributed by atoms with Crippen molar-refractivity contribution in [2.24, 2.45) is 11.3 Å². The molecule has 5 heteroatoms. The maximum Gasteiger partial charge on any atom is 0.435 e. The molecule has 1 aliphatic heterocycles. The summed E-state index contributed by atoms with van der Waals surface area (Å²) in [6, 6.07) is 8.98. The maximum atomic E-state index is 13.0. The predicted molar refractivity (Wildman–Crippen MR) is 77.3 cm³/mol. The van der Waals surface area contributed by atoms with Crippen LogP contribution in [0.4, 0.5) is 5.69 Å². The smallest absolute Gasteiger partial charge is 0.296 e. The fraction of sp³-hybridized carbons (Fsp3) is 0.571. The van der Waals surface area contributed by atoms with Gasteiger partial charge in [-0.1, -0.05) is 39.0 Å². The average Bonchev–Trinajstić information content (AvgIpc) is 2.36. The molecule has 4 nitrogen and oxygen atoms in total. The zero-order chi connectivity index (χ0) is 16.6. The van der Waals surface area contributed by atoms with Crippen LogP contribution in [-0.2, 0) is 13.6 Å². The van der Waals surface area contributed by atoms with Gasteiger partial charge in [-0.25, -0.2) is 4.57 Å². The normalized spacial score (nSPS) is 31.4. The summed E-state index contributed by atoms with van der Waals surface area (Å²) in [4.78, 5) is 0. The van der Waals surface area contributed by atoms with Gasteiger partial charge in [-0.2, -0.15) is 0 Å². The van der Waals surface area contributed by atoms with Crippen molar-refractivity contribution in [1.82, 2.24) is 0 Å². The Hall–Kier alpha value is -0.830. The minimum absolute atomic E-state index is 0.0573. The second kappa shape index (κ2) is 5.28. The van der Waals surface area contributed by atoms with Crippen LogP contribution in [-0.4, -0.2) is 20.2 Å². The molecule has 0 aromatic heterocycles. The summed E-state index contributed by atoms with van der Waals surface area (Å²) in [5.74, 6) is 0.106. The highest BCUT2D eigenvalue weighted by molar-refractivity contribution is 7.55. The van der Waals surface area contributed by atoms with Gasteiger partial charge in [0, 0.05) is 25.2 Å². The Morgan fingerprint density at radius 3 is 2.68 bits per heavy atom. The molecule has 1 fully saturated rings. The quantitative estimate of drug-likeness (QED) is 0.772. The lowest BCUT2D eigenvalue weighted by atomic mass is 9.81. The van der Waals surface area contributed by atoms with Crippen molar-refractivity contribution in [3.05, 3.63) is 30.3 Å². The van der Waals surface area contributed by atoms with Crippen LogP contribution in [0.2, 0.25) is 0 Å². The van der Waals surface area contributed by atoms with Gasteiger partial charge in [0.15, 0.2) is 0 Å². The molecule has 2 rings (SSSR count). The van der Waals surface area contributed by atoms with Crippen molar-refractivity contribution in [2.45, 2.75) is 20.8 Å². The van der Waals surface area contributed by atoms with Gasteiger partial charge >= 0.3 is 7.75 Å². The van der Waals surface area contributed by atoms with Gasteiger partial charge in [-0.3, -0.25) is 13.7 Å². The predicted octanol–water partition coefficient (Wildman–Crippen LogP) is 3.94. The molecule has 1 saturated heterocycles. The molecule has 0 unspecified atom stereocenters. The van der Waals surface area contributed by atoms with E-state index in [1.54, 1.807) is 24.3 Å². The van der Waals surface area contributed by atoms with Crippen LogP contribution in [0.15, 0.2) is 30.3 Å². The molecule has 0 N–H and O–H groups in total. The molecular formula is C14H22NO3P. The highest BCUT2D eigenvalue weighted by atomic mass is 31.2. The lowest BCUT2D eigenvalue weighted by Gasteiger charge is -2.43. The number of hydrogen-bond acceptors (Lipinski definition) is 3. The summed E-state index contributed by atoms with van der Waals surface area (Å²) in [7, 11) is -6.68. The molecule has 0 amide bonds. The summed E-state index contributed by atoms with van der Waals surface area (Å²) >= 11 is 0. The van der Waals surface area contributed by atoms with Crippen molar-refractivity contribution in [1.29, 1.82) is 0 Å². The second-order valence-corrected chi connectivity index (χ2v) is 7.70. The topological polar surface area (TPSA) is 38.8 Å². The van der Waals surface area contributed by atoms with E-state index in [1.807, 2.05) is 6.07 Å². The van der Waals surface area contributed by atoms with Gasteiger partial charge in [-0.05, 0) is 17.5 Å². The summed E-state index contributed by atoms with van der Waals surface area (Å²) in [6.45, 7) is 6.85. The molecular weight excluding hydrogens is 261 g/mol. The van der Waals surface area contributed by atoms with E-state index in [9.17, 15) is 4.57 Å². The molecule has 0 aliphatic carbocycles. The Balaban J connectivity index is 2.36. The van der Waals surface area contributed by atoms with Gasteiger partial charge in [0.1, 0.15) is 0 Å². The van der Waals surface area contributed by atoms with Gasteiger partial charge in [-0.15, -0.1) is 0 Å². The molecule has 0 saturated carbocycles. The van der Waals surface area contributed by atoms with E-state index in [-0.39, 0.29) is 17.9 Å². The van der Waals surface area contributed by atoms with Crippen LogP contribution < -0.4 is 4.67 Å². The van der Waals surface area contributed by atoms with Crippen LogP contribution in [0.1, 0.15) is 24.9 Å². The minimum atomic E-state index is -3.90. The number of rotatable bonds is 2. The summed E-state index contributed by atoms with van der Waals surface area (Å²) in [5.41, 5.74) is 0.571. The third kappa shape index (κ3) is 3.02. The fourth-order valence-corrected chi connectivity index (χ4v) is 3.53. The fourth-order valence-electron chi connectivity index (χ4n) is 2.06. The number of nitrogens with zero attached hydrogens (tertiary/aromatic N) is 1. The van der Waals surface area contributed by atoms with Gasteiger partial charge in [0.2, 0.25) is 0 Å². The molecule has 1 aliphatic rings. The number of anilines is 1. The Morgan fingerprint density at radius 2 is 2.11 bits per heavy atom. The Bertz CT molecular complexity index is 557. The highest BCUT2D eigenvalue weighted by Gasteiger charge is 2.43. The summed E-state index contributed by atoms with van der Waals surface area (Å²) in [6.07, 6.45) is 0. The SMILES string of the molecule is [2H]C([2H])([2H])O[P@]1(=O)OC[C@@H](C(C)(C)C)CN1c1ccccc1. The molecule has 19 heavy (non-hydrogen) atoms. The Labute approximate surface area is 119 Å². The highest BCUT2D eigenvalue weighted by Crippen LogP contribution is 2.57. The van der Waals surface area contributed by atoms with Crippen molar-refractivity contribution in [2.75, 3.05) is 24.9 Å². The Morgan fingerprint density at radius 1 is 1.42 bits per heavy atom. The molecule has 1 heterocycles. The van der Waals surface area contributed by atoms with Crippen molar-refractivity contribution in [3.63, 3.8) is 0 Å². The second-order valence-electron chi connectivity index (χ2n) is 5.84. The largest absolute Gasteiger partial charge is 0.435 e. The third-order valence-corrected chi connectivity index (χ3v) is 5.21. The van der Waals surface area contributed by atoms with E-state index in [1.165, 1.54) is 4.67 Å². The molecule has 0 bridgehead atoms. The van der Waals surface area contributed by atoms with Crippen LogP contribution in [0.3, 0.4) is 0 Å². The number of benzene rings is 1. The molecule has 106 valence electrons. The number of para-hydroxylation sites is 1. The van der Waals surface area contributed by atoms with Crippen molar-refractivity contribution in [3.8, 4) is 0 Å². The van der Waals surface area contributed by atoms with Gasteiger partial charge in [0.05, 0.1) is 10.7 Å². The molecule has 2 atom stereocenters. The number of hydrogen-bond donors (Lipinski definition) is 0. The van der Waals surface area contributed by atoms with E-state index in [2.05, 4.69) is 20.8 Å². The lowest BCUT2D eigenvalue weighted by Crippen LogP contribution is -2.41.